The molecule has 3 rings (SSSR count). The Balaban J connectivity index is 2.15. The number of hydrogen-bond acceptors (Lipinski definition) is 5. The molecule has 20 heavy (non-hydrogen) atoms. The molecular weight excluding hydrogens is 256 g/mol. The second-order valence-electron chi connectivity index (χ2n) is 4.83. The molecule has 0 atom stereocenters. The highest BCUT2D eigenvalue weighted by Crippen LogP contribution is 2.24. The minimum atomic E-state index is -0.423. The molecule has 0 bridgehead atoms. The van der Waals surface area contributed by atoms with Crippen molar-refractivity contribution >= 4 is 5.95 Å². The molecule has 0 aliphatic carbocycles. The number of aromatic nitrogens is 2. The summed E-state index contributed by atoms with van der Waals surface area (Å²) in [5, 5.41) is 9.16. The number of H-pyrrole nitrogens is 1. The Hall–Kier alpha value is -2.55. The zero-order valence-electron chi connectivity index (χ0n) is 11.1. The predicted molar refractivity (Wildman–Crippen MR) is 73.5 cm³/mol. The fourth-order valence-corrected chi connectivity index (χ4v) is 2.38. The Kier molecular flexibility index (Phi) is 3.03. The SMILES string of the molecule is Cc1ccc(-c2nc(N3CCCC3)[nH]c(=O)c2C#N)o1. The number of aryl methyl sites for hydroxylation is 1. The van der Waals surface area contributed by atoms with E-state index in [9.17, 15) is 4.79 Å². The van der Waals surface area contributed by atoms with Gasteiger partial charge in [0.25, 0.3) is 5.56 Å². The number of nitrogens with zero attached hydrogens (tertiary/aromatic N) is 3. The molecule has 1 saturated heterocycles. The fourth-order valence-electron chi connectivity index (χ4n) is 2.38. The van der Waals surface area contributed by atoms with E-state index >= 15 is 0 Å². The van der Waals surface area contributed by atoms with Crippen LogP contribution in [0.25, 0.3) is 11.5 Å². The Bertz CT molecular complexity index is 732. The van der Waals surface area contributed by atoms with Crippen LogP contribution in [0.3, 0.4) is 0 Å². The van der Waals surface area contributed by atoms with Crippen molar-refractivity contribution in [1.82, 2.24) is 9.97 Å². The Morgan fingerprint density at radius 2 is 2.15 bits per heavy atom. The predicted octanol–water partition coefficient (Wildman–Crippen LogP) is 1.81. The first-order chi connectivity index (χ1) is 9.69. The van der Waals surface area contributed by atoms with Crippen molar-refractivity contribution in [3.8, 4) is 17.5 Å². The van der Waals surface area contributed by atoms with Crippen LogP contribution in [0.15, 0.2) is 21.3 Å². The first-order valence-electron chi connectivity index (χ1n) is 6.55. The molecule has 0 saturated carbocycles. The molecule has 2 aromatic rings. The van der Waals surface area contributed by atoms with Crippen LogP contribution in [-0.2, 0) is 0 Å². The van der Waals surface area contributed by atoms with Gasteiger partial charge in [-0.25, -0.2) is 4.98 Å². The number of anilines is 1. The van der Waals surface area contributed by atoms with Gasteiger partial charge < -0.3 is 9.32 Å². The number of aromatic amines is 1. The molecule has 0 unspecified atom stereocenters. The lowest BCUT2D eigenvalue weighted by Crippen LogP contribution is -2.25. The summed E-state index contributed by atoms with van der Waals surface area (Å²) in [6, 6.07) is 5.42. The van der Waals surface area contributed by atoms with E-state index in [1.807, 2.05) is 17.9 Å². The van der Waals surface area contributed by atoms with Crippen LogP contribution in [0.1, 0.15) is 24.2 Å². The third-order valence-electron chi connectivity index (χ3n) is 3.40. The van der Waals surface area contributed by atoms with Crippen LogP contribution in [-0.4, -0.2) is 23.1 Å². The lowest BCUT2D eigenvalue weighted by molar-refractivity contribution is 0.546. The summed E-state index contributed by atoms with van der Waals surface area (Å²) < 4.78 is 5.50. The van der Waals surface area contributed by atoms with E-state index in [-0.39, 0.29) is 5.56 Å². The number of nitriles is 1. The van der Waals surface area contributed by atoms with Gasteiger partial charge in [0.15, 0.2) is 5.76 Å². The zero-order valence-corrected chi connectivity index (χ0v) is 11.1. The van der Waals surface area contributed by atoms with E-state index in [1.54, 1.807) is 12.1 Å². The van der Waals surface area contributed by atoms with Gasteiger partial charge in [-0.2, -0.15) is 5.26 Å². The van der Waals surface area contributed by atoms with Crippen molar-refractivity contribution in [2.24, 2.45) is 0 Å². The maximum Gasteiger partial charge on any atom is 0.271 e. The molecule has 6 heteroatoms. The summed E-state index contributed by atoms with van der Waals surface area (Å²) in [7, 11) is 0. The van der Waals surface area contributed by atoms with Gasteiger partial charge in [0, 0.05) is 13.1 Å². The van der Waals surface area contributed by atoms with Crippen molar-refractivity contribution in [3.63, 3.8) is 0 Å². The van der Waals surface area contributed by atoms with Gasteiger partial charge in [-0.15, -0.1) is 0 Å². The van der Waals surface area contributed by atoms with Gasteiger partial charge in [0.05, 0.1) is 0 Å². The maximum atomic E-state index is 12.0. The van der Waals surface area contributed by atoms with E-state index in [2.05, 4.69) is 9.97 Å². The quantitative estimate of drug-likeness (QED) is 0.899. The minimum absolute atomic E-state index is 0.0118. The Morgan fingerprint density at radius 1 is 1.40 bits per heavy atom. The lowest BCUT2D eigenvalue weighted by atomic mass is 10.2. The second kappa shape index (κ2) is 4.85. The summed E-state index contributed by atoms with van der Waals surface area (Å²) >= 11 is 0. The smallest absolute Gasteiger partial charge is 0.271 e. The monoisotopic (exact) mass is 270 g/mol. The molecule has 6 nitrogen and oxygen atoms in total. The zero-order chi connectivity index (χ0) is 14.1. The van der Waals surface area contributed by atoms with E-state index < -0.39 is 5.56 Å². The van der Waals surface area contributed by atoms with Crippen molar-refractivity contribution in [2.75, 3.05) is 18.0 Å². The van der Waals surface area contributed by atoms with E-state index in [4.69, 9.17) is 9.68 Å². The first kappa shape index (κ1) is 12.5. The fraction of sp³-hybridized carbons (Fsp3) is 0.357. The number of hydrogen-bond donors (Lipinski definition) is 1. The highest BCUT2D eigenvalue weighted by molar-refractivity contribution is 5.62. The molecule has 0 radical (unpaired) electrons. The molecule has 1 aliphatic rings. The van der Waals surface area contributed by atoms with Crippen LogP contribution in [0, 0.1) is 18.3 Å². The van der Waals surface area contributed by atoms with Crippen molar-refractivity contribution < 1.29 is 4.42 Å². The lowest BCUT2D eigenvalue weighted by Gasteiger charge is -2.16. The summed E-state index contributed by atoms with van der Waals surface area (Å²) in [5.41, 5.74) is -0.123. The Labute approximate surface area is 115 Å². The van der Waals surface area contributed by atoms with Crippen LogP contribution >= 0.6 is 0 Å². The molecule has 1 N–H and O–H groups in total. The standard InChI is InChI=1S/C14H14N4O2/c1-9-4-5-11(20-9)12-10(8-15)13(19)17-14(16-12)18-6-2-3-7-18/h4-5H,2-3,6-7H2,1H3,(H,16,17,19). The molecule has 0 spiro atoms. The molecule has 0 aromatic carbocycles. The first-order valence-corrected chi connectivity index (χ1v) is 6.55. The average Bonchev–Trinajstić information content (AvgIpc) is 3.08. The van der Waals surface area contributed by atoms with E-state index in [1.165, 1.54) is 0 Å². The molecule has 3 heterocycles. The summed E-state index contributed by atoms with van der Waals surface area (Å²) in [4.78, 5) is 21.2. The molecule has 0 amide bonds. The number of rotatable bonds is 2. The third kappa shape index (κ3) is 2.07. The summed E-state index contributed by atoms with van der Waals surface area (Å²) in [5.74, 6) is 1.68. The normalized spacial score (nSPS) is 14.5. The van der Waals surface area contributed by atoms with E-state index in [0.29, 0.717) is 23.2 Å². The molecule has 2 aromatic heterocycles. The van der Waals surface area contributed by atoms with Gasteiger partial charge in [-0.05, 0) is 31.9 Å². The summed E-state index contributed by atoms with van der Waals surface area (Å²) in [6.45, 7) is 3.54. The highest BCUT2D eigenvalue weighted by atomic mass is 16.3. The van der Waals surface area contributed by atoms with Crippen LogP contribution < -0.4 is 10.5 Å². The highest BCUT2D eigenvalue weighted by Gasteiger charge is 2.20. The van der Waals surface area contributed by atoms with Crippen LogP contribution in [0.2, 0.25) is 0 Å². The van der Waals surface area contributed by atoms with E-state index in [0.717, 1.165) is 25.9 Å². The molecular formula is C14H14N4O2. The van der Waals surface area contributed by atoms with Gasteiger partial charge in [0.2, 0.25) is 5.95 Å². The minimum Gasteiger partial charge on any atom is -0.460 e. The molecule has 1 aliphatic heterocycles. The van der Waals surface area contributed by atoms with Gasteiger partial charge >= 0.3 is 0 Å². The topological polar surface area (TPSA) is 85.9 Å². The van der Waals surface area contributed by atoms with Crippen molar-refractivity contribution in [2.45, 2.75) is 19.8 Å². The van der Waals surface area contributed by atoms with Crippen molar-refractivity contribution in [1.29, 1.82) is 5.26 Å². The number of furan rings is 1. The van der Waals surface area contributed by atoms with Gasteiger partial charge in [-0.3, -0.25) is 9.78 Å². The number of nitrogens with one attached hydrogen (secondary N) is 1. The second-order valence-corrected chi connectivity index (χ2v) is 4.83. The summed E-state index contributed by atoms with van der Waals surface area (Å²) in [6.07, 6.45) is 2.16. The van der Waals surface area contributed by atoms with Gasteiger partial charge in [-0.1, -0.05) is 0 Å². The van der Waals surface area contributed by atoms with Gasteiger partial charge in [0.1, 0.15) is 23.1 Å². The molecule has 1 fully saturated rings. The van der Waals surface area contributed by atoms with Crippen LogP contribution in [0.4, 0.5) is 5.95 Å². The average molecular weight is 270 g/mol. The van der Waals surface area contributed by atoms with Crippen LogP contribution in [0.5, 0.6) is 0 Å². The third-order valence-corrected chi connectivity index (χ3v) is 3.40. The molecule has 102 valence electrons. The Morgan fingerprint density at radius 3 is 2.75 bits per heavy atom. The van der Waals surface area contributed by atoms with Crippen molar-refractivity contribution in [3.05, 3.63) is 33.8 Å². The maximum absolute atomic E-state index is 12.0. The largest absolute Gasteiger partial charge is 0.460 e.